The molecule has 0 spiro atoms. The van der Waals surface area contributed by atoms with Gasteiger partial charge in [0.05, 0.1) is 11.4 Å². The van der Waals surface area contributed by atoms with Gasteiger partial charge in [0.15, 0.2) is 0 Å². The van der Waals surface area contributed by atoms with Gasteiger partial charge in [0, 0.05) is 67.4 Å². The van der Waals surface area contributed by atoms with Crippen LogP contribution in [0.4, 0.5) is 13.6 Å². The molecule has 0 unspecified atom stereocenters. The Hall–Kier alpha value is -4.07. The fourth-order valence-corrected chi connectivity index (χ4v) is 4.96. The molecule has 1 aromatic carbocycles. The molecule has 2 heterocycles. The maximum Gasteiger partial charge on any atom is 0.410 e. The monoisotopic (exact) mass is 562 g/mol. The minimum absolute atomic E-state index is 0.0291. The van der Waals surface area contributed by atoms with Gasteiger partial charge in [-0.25, -0.2) is 13.6 Å². The summed E-state index contributed by atoms with van der Waals surface area (Å²) in [7, 11) is 0. The normalized spacial score (nSPS) is 17.2. The quantitative estimate of drug-likeness (QED) is 0.245. The van der Waals surface area contributed by atoms with Crippen molar-refractivity contribution in [3.05, 3.63) is 102 Å². The number of rotatable bonds is 8. The number of allylic oxidation sites excluding steroid dienone is 5. The van der Waals surface area contributed by atoms with E-state index in [1.165, 1.54) is 18.3 Å². The van der Waals surface area contributed by atoms with Crippen LogP contribution in [-0.4, -0.2) is 57.9 Å². The fourth-order valence-electron chi connectivity index (χ4n) is 4.96. The highest BCUT2D eigenvalue weighted by atomic mass is 19.1. The molecule has 3 rings (SSSR count). The highest BCUT2D eigenvalue weighted by molar-refractivity contribution is 6.16. The van der Waals surface area contributed by atoms with E-state index in [1.54, 1.807) is 11.1 Å². The lowest BCUT2D eigenvalue weighted by atomic mass is 9.89. The smallest absolute Gasteiger partial charge is 0.410 e. The van der Waals surface area contributed by atoms with Crippen LogP contribution in [0.1, 0.15) is 59.2 Å². The predicted molar refractivity (Wildman–Crippen MR) is 162 cm³/mol. The maximum absolute atomic E-state index is 14.0. The summed E-state index contributed by atoms with van der Waals surface area (Å²) in [5, 5.41) is 0. The van der Waals surface area contributed by atoms with Gasteiger partial charge in [0.1, 0.15) is 17.2 Å². The average Bonchev–Trinajstić information content (AvgIpc) is 2.90. The zero-order chi connectivity index (χ0) is 30.3. The van der Waals surface area contributed by atoms with Crippen LogP contribution in [0, 0.1) is 11.6 Å². The van der Waals surface area contributed by atoms with Crippen molar-refractivity contribution in [1.29, 1.82) is 0 Å². The summed E-state index contributed by atoms with van der Waals surface area (Å²) in [6.07, 6.45) is 5.05. The van der Waals surface area contributed by atoms with Crippen molar-refractivity contribution in [2.75, 3.05) is 19.6 Å². The van der Waals surface area contributed by atoms with Crippen LogP contribution in [0.15, 0.2) is 84.3 Å². The van der Waals surface area contributed by atoms with Crippen molar-refractivity contribution in [1.82, 2.24) is 14.8 Å². The van der Waals surface area contributed by atoms with Crippen LogP contribution in [0.3, 0.4) is 0 Å². The molecular formula is C33H40F2N4O2. The third kappa shape index (κ3) is 8.22. The number of hydrogen-bond donors (Lipinski definition) is 0. The Morgan fingerprint density at radius 1 is 1.20 bits per heavy atom. The number of carbonyl (C=O) groups is 1. The van der Waals surface area contributed by atoms with Crippen LogP contribution in [0.25, 0.3) is 11.1 Å². The molecule has 8 heteroatoms. The second kappa shape index (κ2) is 13.5. The molecule has 1 saturated heterocycles. The topological polar surface area (TPSA) is 58.0 Å². The highest BCUT2D eigenvalue weighted by Gasteiger charge is 2.32. The lowest BCUT2D eigenvalue weighted by Gasteiger charge is -2.42. The molecule has 1 aliphatic heterocycles. The van der Waals surface area contributed by atoms with E-state index in [0.717, 1.165) is 28.6 Å². The number of hydrogen-bond acceptors (Lipinski definition) is 5. The Labute approximate surface area is 242 Å². The molecule has 1 aliphatic rings. The number of benzene rings is 1. The second-order valence-electron chi connectivity index (χ2n) is 11.0. The third-order valence-electron chi connectivity index (χ3n) is 6.76. The van der Waals surface area contributed by atoms with Gasteiger partial charge in [-0.15, -0.1) is 0 Å². The molecule has 6 nitrogen and oxygen atoms in total. The van der Waals surface area contributed by atoms with Crippen LogP contribution >= 0.6 is 0 Å². The van der Waals surface area contributed by atoms with Gasteiger partial charge in [0.2, 0.25) is 0 Å². The van der Waals surface area contributed by atoms with Crippen LogP contribution in [0.2, 0.25) is 0 Å². The highest BCUT2D eigenvalue weighted by Crippen LogP contribution is 2.33. The zero-order valence-corrected chi connectivity index (χ0v) is 24.9. The molecule has 0 bridgehead atoms. The van der Waals surface area contributed by atoms with Gasteiger partial charge in [-0.2, -0.15) is 0 Å². The van der Waals surface area contributed by atoms with E-state index >= 15 is 0 Å². The van der Waals surface area contributed by atoms with Gasteiger partial charge >= 0.3 is 6.09 Å². The number of amides is 1. The summed E-state index contributed by atoms with van der Waals surface area (Å²) in [6, 6.07) is 9.03. The number of aromatic nitrogens is 1. The number of nitrogens with zero attached hydrogens (tertiary/aromatic N) is 4. The number of carbonyl (C=O) groups excluding carboxylic acids is 1. The number of pyridine rings is 1. The number of aliphatic imine (C=N–C) groups is 1. The lowest BCUT2D eigenvalue weighted by Crippen LogP contribution is -2.54. The van der Waals surface area contributed by atoms with E-state index in [0.29, 0.717) is 36.5 Å². The Kier molecular flexibility index (Phi) is 10.4. The molecule has 1 atom stereocenters. The van der Waals surface area contributed by atoms with Crippen molar-refractivity contribution < 1.29 is 18.3 Å². The summed E-state index contributed by atoms with van der Waals surface area (Å²) < 4.78 is 33.7. The molecule has 1 aromatic heterocycles. The SMILES string of the molecule is C=CN=C(CC(=C)c1cc(F)cc(F)c1)C(/C(=C\C)c1ccccn1)=C(\C)N1CCN(C(=O)OC(C)(C)C)C[C@@H]1C. The molecule has 0 saturated carbocycles. The van der Waals surface area contributed by atoms with Gasteiger partial charge < -0.3 is 14.5 Å². The maximum atomic E-state index is 14.0. The van der Waals surface area contributed by atoms with Gasteiger partial charge in [-0.05, 0) is 76.9 Å². The third-order valence-corrected chi connectivity index (χ3v) is 6.76. The molecule has 1 fully saturated rings. The molecule has 218 valence electrons. The Morgan fingerprint density at radius 3 is 2.41 bits per heavy atom. The van der Waals surface area contributed by atoms with E-state index < -0.39 is 17.2 Å². The van der Waals surface area contributed by atoms with Crippen LogP contribution in [-0.2, 0) is 4.74 Å². The molecule has 41 heavy (non-hydrogen) atoms. The summed E-state index contributed by atoms with van der Waals surface area (Å²) in [6.45, 7) is 21.1. The van der Waals surface area contributed by atoms with Crippen LogP contribution < -0.4 is 0 Å². The first-order chi connectivity index (χ1) is 19.3. The minimum Gasteiger partial charge on any atom is -0.444 e. The first-order valence-electron chi connectivity index (χ1n) is 13.7. The zero-order valence-electron chi connectivity index (χ0n) is 24.9. The van der Waals surface area contributed by atoms with Crippen molar-refractivity contribution in [3.63, 3.8) is 0 Å². The molecule has 1 amide bonds. The summed E-state index contributed by atoms with van der Waals surface area (Å²) in [5.74, 6) is -1.34. The minimum atomic E-state index is -0.672. The van der Waals surface area contributed by atoms with Crippen molar-refractivity contribution in [3.8, 4) is 0 Å². The molecule has 0 N–H and O–H groups in total. The predicted octanol–water partition coefficient (Wildman–Crippen LogP) is 7.67. The van der Waals surface area contributed by atoms with Crippen molar-refractivity contribution in [2.45, 2.75) is 59.6 Å². The number of halogens is 2. The van der Waals surface area contributed by atoms with E-state index in [4.69, 9.17) is 4.74 Å². The summed E-state index contributed by atoms with van der Waals surface area (Å²) in [5.41, 5.74) is 4.28. The first-order valence-corrected chi connectivity index (χ1v) is 13.7. The number of ether oxygens (including phenoxy) is 1. The lowest BCUT2D eigenvalue weighted by molar-refractivity contribution is 0.0101. The van der Waals surface area contributed by atoms with Crippen molar-refractivity contribution in [2.24, 2.45) is 4.99 Å². The largest absolute Gasteiger partial charge is 0.444 e. The van der Waals surface area contributed by atoms with E-state index in [1.807, 2.05) is 58.9 Å². The summed E-state index contributed by atoms with van der Waals surface area (Å²) in [4.78, 5) is 26.0. The van der Waals surface area contributed by atoms with Gasteiger partial charge in [-0.3, -0.25) is 9.98 Å². The number of piperazine rings is 1. The van der Waals surface area contributed by atoms with E-state index in [2.05, 4.69) is 35.0 Å². The van der Waals surface area contributed by atoms with Crippen molar-refractivity contribution >= 4 is 23.0 Å². The molecular weight excluding hydrogens is 522 g/mol. The van der Waals surface area contributed by atoms with Crippen LogP contribution in [0.5, 0.6) is 0 Å². The molecule has 0 radical (unpaired) electrons. The average molecular weight is 563 g/mol. The van der Waals surface area contributed by atoms with E-state index in [-0.39, 0.29) is 18.6 Å². The first kappa shape index (κ1) is 31.5. The fraction of sp³-hybridized carbons (Fsp3) is 0.364. The Morgan fingerprint density at radius 2 is 1.88 bits per heavy atom. The van der Waals surface area contributed by atoms with E-state index in [9.17, 15) is 13.6 Å². The van der Waals surface area contributed by atoms with Gasteiger partial charge in [-0.1, -0.05) is 25.3 Å². The molecule has 2 aromatic rings. The van der Waals surface area contributed by atoms with Gasteiger partial charge in [0.25, 0.3) is 0 Å². The molecule has 0 aliphatic carbocycles. The Balaban J connectivity index is 2.06. The second-order valence-corrected chi connectivity index (χ2v) is 11.0. The Bertz CT molecular complexity index is 1350. The standard InChI is InChI=1S/C33H40F2N4O2/c1-9-28(29-13-11-12-14-37-29)31(30(36-10-2)17-22(3)25-18-26(34)20-27(35)19-25)24(5)39-16-15-38(21-23(39)4)32(40)41-33(6,7)8/h9-14,18-20,23H,2-3,15-17,21H2,1,4-8H3/b28-9-,31-24+,36-30?/t23-/m0/s1. The summed E-state index contributed by atoms with van der Waals surface area (Å²) >= 11 is 0.